The predicted octanol–water partition coefficient (Wildman–Crippen LogP) is 2.08. The van der Waals surface area contributed by atoms with E-state index < -0.39 is 10.0 Å². The summed E-state index contributed by atoms with van der Waals surface area (Å²) in [5.74, 6) is 0. The molecule has 1 aliphatic rings. The maximum absolute atomic E-state index is 12.2. The van der Waals surface area contributed by atoms with Crippen LogP contribution in [0.5, 0.6) is 0 Å². The highest BCUT2D eigenvalue weighted by atomic mass is 32.2. The minimum Gasteiger partial charge on any atom is -0.220 e. The van der Waals surface area contributed by atoms with Gasteiger partial charge in [-0.05, 0) is 24.3 Å². The Balaban J connectivity index is 1.62. The fraction of sp³-hybridized carbons (Fsp3) is 0.538. The van der Waals surface area contributed by atoms with Crippen LogP contribution < -0.4 is 4.72 Å². The van der Waals surface area contributed by atoms with Gasteiger partial charge in [0.2, 0.25) is 10.0 Å². The lowest BCUT2D eigenvalue weighted by atomic mass is 10.0. The summed E-state index contributed by atoms with van der Waals surface area (Å²) >= 11 is 1.58. The van der Waals surface area contributed by atoms with Gasteiger partial charge in [-0.25, -0.2) is 17.8 Å². The summed E-state index contributed by atoms with van der Waals surface area (Å²) in [4.78, 5) is 0. The molecule has 0 spiro atoms. The Kier molecular flexibility index (Phi) is 4.37. The summed E-state index contributed by atoms with van der Waals surface area (Å²) in [5.41, 5.74) is 1.56. The van der Waals surface area contributed by atoms with Gasteiger partial charge in [0.15, 0.2) is 0 Å². The highest BCUT2D eigenvalue weighted by molar-refractivity contribution is 7.90. The molecule has 0 radical (unpaired) electrons. The number of nitrogens with zero attached hydrogens (tertiary/aromatic N) is 3. The first-order chi connectivity index (χ1) is 10.1. The fourth-order valence-electron chi connectivity index (χ4n) is 2.56. The van der Waals surface area contributed by atoms with E-state index in [0.717, 1.165) is 37.8 Å². The minimum atomic E-state index is -3.25. The van der Waals surface area contributed by atoms with Gasteiger partial charge in [0, 0.05) is 5.38 Å². The maximum Gasteiger partial charge on any atom is 0.214 e. The quantitative estimate of drug-likeness (QED) is 0.912. The lowest BCUT2D eigenvalue weighted by molar-refractivity contribution is 0.477. The fourth-order valence-corrected chi connectivity index (χ4v) is 4.72. The van der Waals surface area contributed by atoms with Crippen molar-refractivity contribution in [1.29, 1.82) is 0 Å². The second kappa shape index (κ2) is 6.25. The molecule has 1 fully saturated rings. The minimum absolute atomic E-state index is 0.197. The van der Waals surface area contributed by atoms with E-state index in [-0.39, 0.29) is 11.8 Å². The molecule has 0 atom stereocenters. The molecule has 21 heavy (non-hydrogen) atoms. The van der Waals surface area contributed by atoms with E-state index in [9.17, 15) is 8.42 Å². The Labute approximate surface area is 128 Å². The van der Waals surface area contributed by atoms with Crippen LogP contribution in [0.1, 0.15) is 37.8 Å². The first-order valence-electron chi connectivity index (χ1n) is 7.07. The third kappa shape index (κ3) is 3.50. The average molecular weight is 326 g/mol. The summed E-state index contributed by atoms with van der Waals surface area (Å²) in [6, 6.07) is 1.94. The molecule has 0 aliphatic heterocycles. The Hall–Kier alpha value is -1.25. The molecule has 0 saturated heterocycles. The number of sulfonamides is 1. The van der Waals surface area contributed by atoms with Gasteiger partial charge in [0.25, 0.3) is 0 Å². The Morgan fingerprint density at radius 2 is 2.14 bits per heavy atom. The summed E-state index contributed by atoms with van der Waals surface area (Å²) in [7, 11) is -3.25. The van der Waals surface area contributed by atoms with Crippen LogP contribution in [-0.4, -0.2) is 28.7 Å². The summed E-state index contributed by atoms with van der Waals surface area (Å²) < 4.78 is 28.8. The van der Waals surface area contributed by atoms with E-state index in [1.807, 2.05) is 16.8 Å². The van der Waals surface area contributed by atoms with Crippen LogP contribution in [0, 0.1) is 0 Å². The van der Waals surface area contributed by atoms with E-state index in [4.69, 9.17) is 0 Å². The zero-order chi connectivity index (χ0) is 14.7. The second-order valence-electron chi connectivity index (χ2n) is 5.26. The summed E-state index contributed by atoms with van der Waals surface area (Å²) in [6.45, 7) is 0.197. The number of nitrogens with one attached hydrogen (secondary N) is 1. The van der Waals surface area contributed by atoms with Crippen LogP contribution in [0.2, 0.25) is 0 Å². The highest BCUT2D eigenvalue weighted by Crippen LogP contribution is 2.23. The van der Waals surface area contributed by atoms with E-state index >= 15 is 0 Å². The number of rotatable bonds is 5. The zero-order valence-electron chi connectivity index (χ0n) is 11.6. The number of thiophene rings is 1. The zero-order valence-corrected chi connectivity index (χ0v) is 13.2. The normalized spacial score (nSPS) is 17.1. The topological polar surface area (TPSA) is 76.9 Å². The van der Waals surface area contributed by atoms with Crippen molar-refractivity contribution < 1.29 is 8.42 Å². The first kappa shape index (κ1) is 14.7. The molecule has 114 valence electrons. The van der Waals surface area contributed by atoms with Gasteiger partial charge in [-0.15, -0.1) is 5.10 Å². The van der Waals surface area contributed by atoms with Crippen LogP contribution in [0.25, 0.3) is 5.69 Å². The number of hydrogen-bond donors (Lipinski definition) is 1. The van der Waals surface area contributed by atoms with Crippen molar-refractivity contribution in [2.75, 3.05) is 0 Å². The van der Waals surface area contributed by atoms with Crippen LogP contribution >= 0.6 is 11.3 Å². The molecule has 1 aliphatic carbocycles. The second-order valence-corrected chi connectivity index (χ2v) is 8.09. The van der Waals surface area contributed by atoms with Gasteiger partial charge in [-0.2, -0.15) is 11.3 Å². The summed E-state index contributed by atoms with van der Waals surface area (Å²) in [5, 5.41) is 11.7. The Bertz CT molecular complexity index is 673. The van der Waals surface area contributed by atoms with E-state index in [2.05, 4.69) is 15.0 Å². The number of aromatic nitrogens is 3. The molecule has 0 amide bonds. The van der Waals surface area contributed by atoms with E-state index in [0.29, 0.717) is 5.69 Å². The monoisotopic (exact) mass is 326 g/mol. The SMILES string of the molecule is O=S(=O)(NCc1cn(-c2ccsc2)nn1)C1CCCCC1. The molecular weight excluding hydrogens is 308 g/mol. The van der Waals surface area contributed by atoms with Gasteiger partial charge >= 0.3 is 0 Å². The van der Waals surface area contributed by atoms with E-state index in [1.54, 1.807) is 22.2 Å². The molecule has 0 unspecified atom stereocenters. The smallest absolute Gasteiger partial charge is 0.214 e. The molecule has 8 heteroatoms. The lowest BCUT2D eigenvalue weighted by Crippen LogP contribution is -2.35. The molecule has 0 aromatic carbocycles. The summed E-state index contributed by atoms with van der Waals surface area (Å²) in [6.07, 6.45) is 6.42. The van der Waals surface area contributed by atoms with Crippen molar-refractivity contribution in [2.24, 2.45) is 0 Å². The molecule has 1 saturated carbocycles. The van der Waals surface area contributed by atoms with Gasteiger partial charge < -0.3 is 0 Å². The van der Waals surface area contributed by atoms with Crippen molar-refractivity contribution in [3.05, 3.63) is 28.7 Å². The van der Waals surface area contributed by atoms with E-state index in [1.165, 1.54) is 0 Å². The van der Waals surface area contributed by atoms with Gasteiger partial charge in [0.1, 0.15) is 0 Å². The van der Waals surface area contributed by atoms with Crippen molar-refractivity contribution in [2.45, 2.75) is 43.9 Å². The molecule has 1 N–H and O–H groups in total. The van der Waals surface area contributed by atoms with Crippen LogP contribution in [-0.2, 0) is 16.6 Å². The molecular formula is C13H18N4O2S2. The van der Waals surface area contributed by atoms with Crippen molar-refractivity contribution in [3.8, 4) is 5.69 Å². The molecule has 6 nitrogen and oxygen atoms in total. The van der Waals surface area contributed by atoms with Gasteiger partial charge in [-0.3, -0.25) is 0 Å². The van der Waals surface area contributed by atoms with Gasteiger partial charge in [-0.1, -0.05) is 24.5 Å². The molecule has 3 rings (SSSR count). The third-order valence-corrected chi connectivity index (χ3v) is 6.32. The van der Waals surface area contributed by atoms with Crippen molar-refractivity contribution in [1.82, 2.24) is 19.7 Å². The standard InChI is InChI=1S/C13H18N4O2S2/c18-21(19,13-4-2-1-3-5-13)14-8-11-9-17(16-15-11)12-6-7-20-10-12/h6-7,9-10,13-14H,1-5,8H2. The average Bonchev–Trinajstić information content (AvgIpc) is 3.17. The Morgan fingerprint density at radius 1 is 1.33 bits per heavy atom. The lowest BCUT2D eigenvalue weighted by Gasteiger charge is -2.21. The predicted molar refractivity (Wildman–Crippen MR) is 81.9 cm³/mol. The molecule has 2 aromatic heterocycles. The van der Waals surface area contributed by atoms with Crippen LogP contribution in [0.3, 0.4) is 0 Å². The number of hydrogen-bond acceptors (Lipinski definition) is 5. The largest absolute Gasteiger partial charge is 0.220 e. The van der Waals surface area contributed by atoms with Crippen molar-refractivity contribution in [3.63, 3.8) is 0 Å². The molecule has 2 heterocycles. The third-order valence-electron chi connectivity index (χ3n) is 3.76. The first-order valence-corrected chi connectivity index (χ1v) is 9.56. The maximum atomic E-state index is 12.2. The molecule has 0 bridgehead atoms. The van der Waals surface area contributed by atoms with Gasteiger partial charge in [0.05, 0.1) is 29.4 Å². The highest BCUT2D eigenvalue weighted by Gasteiger charge is 2.26. The Morgan fingerprint density at radius 3 is 2.86 bits per heavy atom. The van der Waals surface area contributed by atoms with Crippen LogP contribution in [0.4, 0.5) is 0 Å². The molecule has 2 aromatic rings. The van der Waals surface area contributed by atoms with Crippen LogP contribution in [0.15, 0.2) is 23.0 Å². The van der Waals surface area contributed by atoms with Crippen molar-refractivity contribution >= 4 is 21.4 Å².